The molecule has 0 aromatic heterocycles. The zero-order chi connectivity index (χ0) is 21.7. The molecule has 0 aliphatic carbocycles. The van der Waals surface area contributed by atoms with Gasteiger partial charge in [0.15, 0.2) is 6.04 Å². The number of para-hydroxylation sites is 1. The highest BCUT2D eigenvalue weighted by molar-refractivity contribution is 6.05. The number of carbonyl (C=O) groups is 2. The van der Waals surface area contributed by atoms with Gasteiger partial charge < -0.3 is 9.64 Å². The number of amides is 2. The SMILES string of the molecule is CCOC(=O)Nc1ccc2c(c1)N(C(=O)C(C)[NH+](CC)CC)c1ccccc1CC2. The van der Waals surface area contributed by atoms with Crippen molar-refractivity contribution in [3.8, 4) is 0 Å². The van der Waals surface area contributed by atoms with Crippen molar-refractivity contribution in [1.29, 1.82) is 0 Å². The second-order valence-electron chi connectivity index (χ2n) is 7.58. The standard InChI is InChI=1S/C24H31N3O3/c1-5-26(6-2)17(4)23(28)27-21-11-9-8-10-18(21)12-13-19-14-15-20(16-22(19)27)25-24(29)30-7-3/h8-11,14-17H,5-7,12-13H2,1-4H3,(H,25,29)/p+1. The maximum atomic E-state index is 13.8. The van der Waals surface area contributed by atoms with Crippen molar-refractivity contribution in [3.63, 3.8) is 0 Å². The Balaban J connectivity index is 2.07. The number of rotatable bonds is 6. The molecule has 0 fully saturated rings. The van der Waals surface area contributed by atoms with E-state index in [4.69, 9.17) is 4.74 Å². The summed E-state index contributed by atoms with van der Waals surface area (Å²) >= 11 is 0. The first-order chi connectivity index (χ1) is 14.5. The van der Waals surface area contributed by atoms with Gasteiger partial charge >= 0.3 is 6.09 Å². The van der Waals surface area contributed by atoms with Crippen LogP contribution in [-0.2, 0) is 22.4 Å². The fraction of sp³-hybridized carbons (Fsp3) is 0.417. The number of benzene rings is 2. The molecule has 0 saturated heterocycles. The number of carbonyl (C=O) groups excluding carboxylic acids is 2. The fourth-order valence-electron chi connectivity index (χ4n) is 4.15. The van der Waals surface area contributed by atoms with Gasteiger partial charge in [-0.3, -0.25) is 15.0 Å². The van der Waals surface area contributed by atoms with E-state index in [2.05, 4.69) is 25.2 Å². The molecule has 1 aliphatic rings. The Morgan fingerprint density at radius 1 is 1.03 bits per heavy atom. The first-order valence-electron chi connectivity index (χ1n) is 10.8. The Morgan fingerprint density at radius 3 is 2.37 bits per heavy atom. The van der Waals surface area contributed by atoms with E-state index >= 15 is 0 Å². The number of aryl methyl sites for hydroxylation is 2. The van der Waals surface area contributed by atoms with Gasteiger partial charge in [0.25, 0.3) is 5.91 Å². The number of fused-ring (bicyclic) bond motifs is 2. The number of ether oxygens (including phenoxy) is 1. The molecule has 2 N–H and O–H groups in total. The van der Waals surface area contributed by atoms with Crippen molar-refractivity contribution in [1.82, 2.24) is 0 Å². The van der Waals surface area contributed by atoms with Gasteiger partial charge in [0, 0.05) is 5.69 Å². The second-order valence-corrected chi connectivity index (χ2v) is 7.58. The van der Waals surface area contributed by atoms with Crippen molar-refractivity contribution in [2.75, 3.05) is 29.9 Å². The van der Waals surface area contributed by atoms with Crippen LogP contribution in [0.25, 0.3) is 0 Å². The van der Waals surface area contributed by atoms with E-state index in [1.807, 2.05) is 48.2 Å². The van der Waals surface area contributed by atoms with Crippen LogP contribution >= 0.6 is 0 Å². The zero-order valence-electron chi connectivity index (χ0n) is 18.3. The number of anilines is 3. The van der Waals surface area contributed by atoms with Gasteiger partial charge in [-0.05, 0) is 69.9 Å². The van der Waals surface area contributed by atoms with E-state index in [0.29, 0.717) is 12.3 Å². The molecule has 2 aromatic carbocycles. The van der Waals surface area contributed by atoms with Crippen molar-refractivity contribution in [2.45, 2.75) is 46.6 Å². The number of hydrogen-bond donors (Lipinski definition) is 2. The molecule has 1 unspecified atom stereocenters. The maximum Gasteiger partial charge on any atom is 0.411 e. The highest BCUT2D eigenvalue weighted by Gasteiger charge is 2.33. The van der Waals surface area contributed by atoms with Crippen LogP contribution in [0.5, 0.6) is 0 Å². The quantitative estimate of drug-likeness (QED) is 0.768. The molecule has 1 aliphatic heterocycles. The van der Waals surface area contributed by atoms with Crippen molar-refractivity contribution in [3.05, 3.63) is 53.6 Å². The van der Waals surface area contributed by atoms with Gasteiger partial charge in [-0.25, -0.2) is 4.79 Å². The summed E-state index contributed by atoms with van der Waals surface area (Å²) in [6.07, 6.45) is 1.21. The third-order valence-electron chi connectivity index (χ3n) is 5.86. The van der Waals surface area contributed by atoms with Crippen molar-refractivity contribution < 1.29 is 19.2 Å². The smallest absolute Gasteiger partial charge is 0.411 e. The van der Waals surface area contributed by atoms with E-state index in [0.717, 1.165) is 48.4 Å². The highest BCUT2D eigenvalue weighted by Crippen LogP contribution is 2.38. The van der Waals surface area contributed by atoms with E-state index in [1.54, 1.807) is 6.92 Å². The Morgan fingerprint density at radius 2 is 1.70 bits per heavy atom. The normalized spacial score (nSPS) is 13.8. The molecule has 2 aromatic rings. The minimum Gasteiger partial charge on any atom is -0.450 e. The van der Waals surface area contributed by atoms with Gasteiger partial charge in [0.1, 0.15) is 0 Å². The zero-order valence-corrected chi connectivity index (χ0v) is 18.3. The fourth-order valence-corrected chi connectivity index (χ4v) is 4.15. The summed E-state index contributed by atoms with van der Waals surface area (Å²) in [5.74, 6) is 0.0672. The van der Waals surface area contributed by atoms with Gasteiger partial charge in [0.2, 0.25) is 0 Å². The molecule has 6 heteroatoms. The molecule has 3 rings (SSSR count). The van der Waals surface area contributed by atoms with Crippen molar-refractivity contribution in [2.24, 2.45) is 0 Å². The van der Waals surface area contributed by atoms with Crippen LogP contribution in [0.2, 0.25) is 0 Å². The predicted octanol–water partition coefficient (Wildman–Crippen LogP) is 3.33. The number of nitrogens with zero attached hydrogens (tertiary/aromatic N) is 1. The van der Waals surface area contributed by atoms with Crippen LogP contribution in [-0.4, -0.2) is 37.7 Å². The largest absolute Gasteiger partial charge is 0.450 e. The Kier molecular flexibility index (Phi) is 7.11. The van der Waals surface area contributed by atoms with Crippen LogP contribution in [0.1, 0.15) is 38.8 Å². The Bertz CT molecular complexity index is 908. The first-order valence-corrected chi connectivity index (χ1v) is 10.8. The van der Waals surface area contributed by atoms with E-state index in [1.165, 1.54) is 4.90 Å². The summed E-state index contributed by atoms with van der Waals surface area (Å²) in [7, 11) is 0. The first kappa shape index (κ1) is 21.8. The van der Waals surface area contributed by atoms with E-state index < -0.39 is 6.09 Å². The molecular formula is C24H32N3O3+. The summed E-state index contributed by atoms with van der Waals surface area (Å²) in [5.41, 5.74) is 4.62. The lowest BCUT2D eigenvalue weighted by molar-refractivity contribution is -0.910. The van der Waals surface area contributed by atoms with Gasteiger partial charge in [-0.1, -0.05) is 24.3 Å². The lowest BCUT2D eigenvalue weighted by Gasteiger charge is -2.30. The highest BCUT2D eigenvalue weighted by atomic mass is 16.5. The van der Waals surface area contributed by atoms with Gasteiger partial charge in [0.05, 0.1) is 31.1 Å². The van der Waals surface area contributed by atoms with Crippen LogP contribution in [0.3, 0.4) is 0 Å². The summed E-state index contributed by atoms with van der Waals surface area (Å²) in [4.78, 5) is 28.8. The van der Waals surface area contributed by atoms with Gasteiger partial charge in [-0.2, -0.15) is 0 Å². The molecule has 1 atom stereocenters. The van der Waals surface area contributed by atoms with E-state index in [9.17, 15) is 9.59 Å². The maximum absolute atomic E-state index is 13.8. The van der Waals surface area contributed by atoms with Gasteiger partial charge in [-0.15, -0.1) is 0 Å². The lowest BCUT2D eigenvalue weighted by Crippen LogP contribution is -3.16. The minimum atomic E-state index is -0.495. The molecular weight excluding hydrogens is 378 g/mol. The molecule has 0 radical (unpaired) electrons. The van der Waals surface area contributed by atoms with E-state index in [-0.39, 0.29) is 11.9 Å². The molecule has 0 bridgehead atoms. The average molecular weight is 411 g/mol. The monoisotopic (exact) mass is 410 g/mol. The number of hydrogen-bond acceptors (Lipinski definition) is 3. The Hall–Kier alpha value is -2.86. The molecule has 1 heterocycles. The molecule has 2 amide bonds. The summed E-state index contributed by atoms with van der Waals surface area (Å²) in [6, 6.07) is 13.7. The topological polar surface area (TPSA) is 63.1 Å². The van der Waals surface area contributed by atoms with Crippen molar-refractivity contribution >= 4 is 29.1 Å². The Labute approximate surface area is 178 Å². The van der Waals surface area contributed by atoms with Crippen LogP contribution < -0.4 is 15.1 Å². The third kappa shape index (κ3) is 4.49. The summed E-state index contributed by atoms with van der Waals surface area (Å²) < 4.78 is 5.01. The van der Waals surface area contributed by atoms with Crippen LogP contribution in [0.4, 0.5) is 21.9 Å². The number of nitrogens with one attached hydrogen (secondary N) is 2. The van der Waals surface area contributed by atoms with Crippen LogP contribution in [0.15, 0.2) is 42.5 Å². The molecule has 0 spiro atoms. The second kappa shape index (κ2) is 9.76. The summed E-state index contributed by atoms with van der Waals surface area (Å²) in [5, 5.41) is 2.77. The number of likely N-dealkylation sites (N-methyl/N-ethyl adjacent to an activating group) is 1. The third-order valence-corrected chi connectivity index (χ3v) is 5.86. The average Bonchev–Trinajstić information content (AvgIpc) is 2.90. The molecule has 6 nitrogen and oxygen atoms in total. The number of quaternary nitrogens is 1. The lowest BCUT2D eigenvalue weighted by atomic mass is 10.0. The predicted molar refractivity (Wildman–Crippen MR) is 120 cm³/mol. The molecule has 0 saturated carbocycles. The minimum absolute atomic E-state index is 0.0672. The molecule has 30 heavy (non-hydrogen) atoms. The molecule has 160 valence electrons. The summed E-state index contributed by atoms with van der Waals surface area (Å²) in [6.45, 7) is 10.1. The van der Waals surface area contributed by atoms with Crippen LogP contribution in [0, 0.1) is 0 Å².